The predicted molar refractivity (Wildman–Crippen MR) is 75.4 cm³/mol. The zero-order valence-corrected chi connectivity index (χ0v) is 11.0. The van der Waals surface area contributed by atoms with Crippen LogP contribution in [-0.2, 0) is 0 Å². The fourth-order valence-electron chi connectivity index (χ4n) is 1.84. The lowest BCUT2D eigenvalue weighted by Crippen LogP contribution is -1.96. The lowest BCUT2D eigenvalue weighted by atomic mass is 10.1. The van der Waals surface area contributed by atoms with Crippen LogP contribution in [0.25, 0.3) is 0 Å². The number of hydrogen-bond acceptors (Lipinski definition) is 2. The van der Waals surface area contributed by atoms with E-state index in [4.69, 9.17) is 16.9 Å². The first kappa shape index (κ1) is 12.5. The highest BCUT2D eigenvalue weighted by Crippen LogP contribution is 2.28. The average Bonchev–Trinajstić information content (AvgIpc) is 2.33. The van der Waals surface area contributed by atoms with Gasteiger partial charge in [0.15, 0.2) is 0 Å². The van der Waals surface area contributed by atoms with Crippen LogP contribution in [0.1, 0.15) is 16.7 Å². The first-order valence-corrected chi connectivity index (χ1v) is 6.02. The molecule has 0 aromatic heterocycles. The molecule has 0 spiro atoms. The largest absolute Gasteiger partial charge is 0.354 e. The van der Waals surface area contributed by atoms with Gasteiger partial charge in [0.05, 0.1) is 16.3 Å². The highest BCUT2D eigenvalue weighted by Gasteiger charge is 2.07. The number of benzene rings is 2. The van der Waals surface area contributed by atoms with Crippen molar-refractivity contribution in [1.29, 1.82) is 5.26 Å². The molecule has 0 fully saturated rings. The maximum Gasteiger partial charge on any atom is 0.103 e. The molecule has 0 bridgehead atoms. The maximum absolute atomic E-state index is 9.12. The molecule has 0 heterocycles. The highest BCUT2D eigenvalue weighted by atomic mass is 35.5. The van der Waals surface area contributed by atoms with E-state index < -0.39 is 0 Å². The van der Waals surface area contributed by atoms with Crippen LogP contribution in [0.3, 0.4) is 0 Å². The van der Waals surface area contributed by atoms with Gasteiger partial charge >= 0.3 is 0 Å². The second-order valence-corrected chi connectivity index (χ2v) is 4.62. The van der Waals surface area contributed by atoms with Crippen LogP contribution in [0.4, 0.5) is 11.4 Å². The van der Waals surface area contributed by atoms with Gasteiger partial charge in [0.1, 0.15) is 6.07 Å². The number of halogens is 1. The molecule has 2 nitrogen and oxygen atoms in total. The standard InChI is InChI=1S/C15H13ClN2/c1-10-6-7-14(11(2)8-10)18-15-5-3-4-13(16)12(15)9-17/h3-8,18H,1-2H3. The molecule has 18 heavy (non-hydrogen) atoms. The van der Waals surface area contributed by atoms with Gasteiger partial charge in [-0.15, -0.1) is 0 Å². The Labute approximate surface area is 112 Å². The van der Waals surface area contributed by atoms with E-state index in [2.05, 4.69) is 24.4 Å². The van der Waals surface area contributed by atoms with Gasteiger partial charge in [0.25, 0.3) is 0 Å². The molecule has 0 radical (unpaired) electrons. The van der Waals surface area contributed by atoms with Gasteiger partial charge in [-0.3, -0.25) is 0 Å². The summed E-state index contributed by atoms with van der Waals surface area (Å²) in [5.41, 5.74) is 4.54. The number of hydrogen-bond donors (Lipinski definition) is 1. The number of rotatable bonds is 2. The first-order valence-electron chi connectivity index (χ1n) is 5.64. The van der Waals surface area contributed by atoms with E-state index in [1.54, 1.807) is 6.07 Å². The molecule has 0 saturated carbocycles. The van der Waals surface area contributed by atoms with Gasteiger partial charge in [0.2, 0.25) is 0 Å². The van der Waals surface area contributed by atoms with Gasteiger partial charge in [-0.2, -0.15) is 5.26 Å². The molecule has 1 N–H and O–H groups in total. The third-order valence-corrected chi connectivity index (χ3v) is 3.09. The van der Waals surface area contributed by atoms with E-state index in [1.165, 1.54) is 5.56 Å². The lowest BCUT2D eigenvalue weighted by Gasteiger charge is -2.12. The fourth-order valence-corrected chi connectivity index (χ4v) is 2.06. The van der Waals surface area contributed by atoms with Gasteiger partial charge in [-0.1, -0.05) is 35.4 Å². The lowest BCUT2D eigenvalue weighted by molar-refractivity contribution is 1.36. The van der Waals surface area contributed by atoms with Crippen LogP contribution < -0.4 is 5.32 Å². The van der Waals surface area contributed by atoms with Crippen LogP contribution in [0, 0.1) is 25.2 Å². The van der Waals surface area contributed by atoms with Crippen LogP contribution in [0.5, 0.6) is 0 Å². The summed E-state index contributed by atoms with van der Waals surface area (Å²) in [6, 6.07) is 13.7. The molecule has 0 unspecified atom stereocenters. The summed E-state index contributed by atoms with van der Waals surface area (Å²) in [6.07, 6.45) is 0. The second kappa shape index (κ2) is 5.12. The zero-order chi connectivity index (χ0) is 13.1. The minimum atomic E-state index is 0.465. The molecule has 2 rings (SSSR count). The molecule has 2 aromatic carbocycles. The summed E-state index contributed by atoms with van der Waals surface area (Å²) in [5, 5.41) is 12.8. The SMILES string of the molecule is Cc1ccc(Nc2cccc(Cl)c2C#N)c(C)c1. The van der Waals surface area contributed by atoms with Crippen LogP contribution in [0.15, 0.2) is 36.4 Å². The molecule has 0 aliphatic heterocycles. The summed E-state index contributed by atoms with van der Waals surface area (Å²) in [6.45, 7) is 4.09. The predicted octanol–water partition coefficient (Wildman–Crippen LogP) is 4.57. The normalized spacial score (nSPS) is 9.89. The molecule has 0 atom stereocenters. The van der Waals surface area contributed by atoms with Crippen molar-refractivity contribution in [3.8, 4) is 6.07 Å². The maximum atomic E-state index is 9.12. The molecule has 3 heteroatoms. The van der Waals surface area contributed by atoms with E-state index in [0.717, 1.165) is 16.9 Å². The Bertz CT molecular complexity index is 627. The van der Waals surface area contributed by atoms with E-state index in [0.29, 0.717) is 10.6 Å². The minimum Gasteiger partial charge on any atom is -0.354 e. The van der Waals surface area contributed by atoms with Crippen LogP contribution in [0.2, 0.25) is 5.02 Å². The Hall–Kier alpha value is -1.98. The zero-order valence-electron chi connectivity index (χ0n) is 10.3. The molecule has 0 amide bonds. The third kappa shape index (κ3) is 2.47. The minimum absolute atomic E-state index is 0.465. The topological polar surface area (TPSA) is 35.8 Å². The van der Waals surface area contributed by atoms with E-state index in [-0.39, 0.29) is 0 Å². The van der Waals surface area contributed by atoms with E-state index >= 15 is 0 Å². The average molecular weight is 257 g/mol. The van der Waals surface area contributed by atoms with Gasteiger partial charge in [-0.05, 0) is 37.6 Å². The van der Waals surface area contributed by atoms with Gasteiger partial charge < -0.3 is 5.32 Å². The molecular weight excluding hydrogens is 244 g/mol. The van der Waals surface area contributed by atoms with Gasteiger partial charge in [-0.25, -0.2) is 0 Å². The summed E-state index contributed by atoms with van der Waals surface area (Å²) >= 11 is 6.00. The number of nitrogens with one attached hydrogen (secondary N) is 1. The molecule has 90 valence electrons. The Kier molecular flexibility index (Phi) is 3.55. The third-order valence-electron chi connectivity index (χ3n) is 2.78. The van der Waals surface area contributed by atoms with Crippen molar-refractivity contribution in [3.63, 3.8) is 0 Å². The number of nitrogens with zero attached hydrogens (tertiary/aromatic N) is 1. The summed E-state index contributed by atoms with van der Waals surface area (Å²) in [7, 11) is 0. The van der Waals surface area contributed by atoms with Crippen molar-refractivity contribution in [1.82, 2.24) is 0 Å². The molecule has 0 saturated heterocycles. The highest BCUT2D eigenvalue weighted by molar-refractivity contribution is 6.32. The quantitative estimate of drug-likeness (QED) is 0.854. The summed E-state index contributed by atoms with van der Waals surface area (Å²) in [5.74, 6) is 0. The Morgan fingerprint density at radius 1 is 1.11 bits per heavy atom. The van der Waals surface area contributed by atoms with Gasteiger partial charge in [0, 0.05) is 5.69 Å². The summed E-state index contributed by atoms with van der Waals surface area (Å²) in [4.78, 5) is 0. The van der Waals surface area contributed by atoms with Crippen molar-refractivity contribution >= 4 is 23.0 Å². The Balaban J connectivity index is 2.41. The molecule has 0 aliphatic carbocycles. The molecule has 2 aromatic rings. The summed E-state index contributed by atoms with van der Waals surface area (Å²) < 4.78 is 0. The van der Waals surface area contributed by atoms with Crippen molar-refractivity contribution in [2.24, 2.45) is 0 Å². The van der Waals surface area contributed by atoms with Crippen molar-refractivity contribution in [3.05, 3.63) is 58.1 Å². The number of anilines is 2. The second-order valence-electron chi connectivity index (χ2n) is 4.22. The van der Waals surface area contributed by atoms with Crippen molar-refractivity contribution in [2.45, 2.75) is 13.8 Å². The smallest absolute Gasteiger partial charge is 0.103 e. The Morgan fingerprint density at radius 3 is 2.56 bits per heavy atom. The first-order chi connectivity index (χ1) is 8.61. The monoisotopic (exact) mass is 256 g/mol. The molecule has 0 aliphatic rings. The van der Waals surface area contributed by atoms with Crippen LogP contribution >= 0.6 is 11.6 Å². The van der Waals surface area contributed by atoms with Crippen molar-refractivity contribution < 1.29 is 0 Å². The fraction of sp³-hybridized carbons (Fsp3) is 0.133. The van der Waals surface area contributed by atoms with Crippen LogP contribution in [-0.4, -0.2) is 0 Å². The van der Waals surface area contributed by atoms with Crippen molar-refractivity contribution in [2.75, 3.05) is 5.32 Å². The van der Waals surface area contributed by atoms with E-state index in [9.17, 15) is 0 Å². The number of aryl methyl sites for hydroxylation is 2. The number of nitriles is 1. The van der Waals surface area contributed by atoms with E-state index in [1.807, 2.05) is 31.2 Å². The molecular formula is C15H13ClN2. The Morgan fingerprint density at radius 2 is 1.89 bits per heavy atom.